The van der Waals surface area contributed by atoms with Crippen molar-refractivity contribution in [1.29, 1.82) is 0 Å². The van der Waals surface area contributed by atoms with Gasteiger partial charge in [-0.1, -0.05) is 5.21 Å². The van der Waals surface area contributed by atoms with Crippen LogP contribution in [0.4, 0.5) is 8.78 Å². The van der Waals surface area contributed by atoms with Gasteiger partial charge in [0.05, 0.1) is 18.8 Å². The second-order valence-corrected chi connectivity index (χ2v) is 8.57. The Morgan fingerprint density at radius 2 is 2.00 bits per heavy atom. The van der Waals surface area contributed by atoms with Gasteiger partial charge in [0.25, 0.3) is 0 Å². The second kappa shape index (κ2) is 6.64. The zero-order valence-electron chi connectivity index (χ0n) is 14.3. The Bertz CT molecular complexity index is 988. The first kappa shape index (κ1) is 18.0. The van der Waals surface area contributed by atoms with Crippen LogP contribution in [0.2, 0.25) is 0 Å². The topological polar surface area (TPSA) is 88.4 Å². The fraction of sp³-hybridized carbons (Fsp3) is 0.438. The first-order chi connectivity index (χ1) is 12.8. The van der Waals surface area contributed by atoms with Crippen LogP contribution in [-0.4, -0.2) is 58.2 Å². The van der Waals surface area contributed by atoms with Gasteiger partial charge in [-0.05, 0) is 18.6 Å². The molecule has 0 spiro atoms. The fourth-order valence-corrected chi connectivity index (χ4v) is 4.79. The number of rotatable bonds is 5. The van der Waals surface area contributed by atoms with E-state index in [2.05, 4.69) is 10.3 Å². The molecule has 0 bridgehead atoms. The number of aromatic nitrogens is 3. The predicted octanol–water partition coefficient (Wildman–Crippen LogP) is 0.924. The Morgan fingerprint density at radius 1 is 1.22 bits per heavy atom. The van der Waals surface area contributed by atoms with Crippen molar-refractivity contribution in [2.75, 3.05) is 19.6 Å². The zero-order valence-corrected chi connectivity index (χ0v) is 15.1. The Kier molecular flexibility index (Phi) is 4.42. The molecule has 0 aliphatic carbocycles. The van der Waals surface area contributed by atoms with Gasteiger partial charge in [-0.2, -0.15) is 4.31 Å². The highest BCUT2D eigenvalue weighted by molar-refractivity contribution is 7.89. The monoisotopic (exact) mass is 397 g/mol. The van der Waals surface area contributed by atoms with Crippen LogP contribution in [0.1, 0.15) is 24.6 Å². The third-order valence-electron chi connectivity index (χ3n) is 4.80. The summed E-state index contributed by atoms with van der Waals surface area (Å²) in [5.41, 5.74) is 0.635. The summed E-state index contributed by atoms with van der Waals surface area (Å²) in [4.78, 5) is 12.8. The maximum absolute atomic E-state index is 13.8. The van der Waals surface area contributed by atoms with Crippen molar-refractivity contribution >= 4 is 15.9 Å². The van der Waals surface area contributed by atoms with Gasteiger partial charge < -0.3 is 4.90 Å². The summed E-state index contributed by atoms with van der Waals surface area (Å²) in [6, 6.07) is 2.16. The maximum Gasteiger partial charge on any atom is 0.246 e. The lowest BCUT2D eigenvalue weighted by molar-refractivity contribution is -0.128. The third kappa shape index (κ3) is 3.32. The maximum atomic E-state index is 13.8. The molecule has 2 aromatic rings. The normalized spacial score (nSPS) is 18.9. The van der Waals surface area contributed by atoms with Gasteiger partial charge in [-0.25, -0.2) is 21.9 Å². The van der Waals surface area contributed by atoms with E-state index in [9.17, 15) is 22.0 Å². The van der Waals surface area contributed by atoms with E-state index in [4.69, 9.17) is 0 Å². The lowest BCUT2D eigenvalue weighted by Gasteiger charge is -2.37. The molecule has 0 unspecified atom stereocenters. The molecule has 27 heavy (non-hydrogen) atoms. The van der Waals surface area contributed by atoms with Crippen LogP contribution in [0.3, 0.4) is 0 Å². The van der Waals surface area contributed by atoms with Crippen LogP contribution in [-0.2, 0) is 21.4 Å². The first-order valence-electron chi connectivity index (χ1n) is 8.48. The van der Waals surface area contributed by atoms with Crippen LogP contribution in [0.25, 0.3) is 0 Å². The molecule has 2 aliphatic heterocycles. The van der Waals surface area contributed by atoms with Crippen molar-refractivity contribution in [3.8, 4) is 0 Å². The number of likely N-dealkylation sites (tertiary alicyclic amines) is 1. The highest BCUT2D eigenvalue weighted by Gasteiger charge is 2.39. The Morgan fingerprint density at radius 3 is 2.67 bits per heavy atom. The number of hydrogen-bond acceptors (Lipinski definition) is 5. The molecule has 2 fully saturated rings. The van der Waals surface area contributed by atoms with E-state index in [1.165, 1.54) is 0 Å². The standard InChI is InChI=1S/C16H17F2N5O3S/c17-11-3-4-15(14(18)6-11)27(25,26)22-9-13(10-22)23-8-12(19-20-23)7-21-5-1-2-16(21)24/h3-4,6,8,13H,1-2,5,7,9-10H2. The lowest BCUT2D eigenvalue weighted by Crippen LogP contribution is -2.50. The van der Waals surface area contributed by atoms with Gasteiger partial charge in [0, 0.05) is 32.1 Å². The average Bonchev–Trinajstić information content (AvgIpc) is 3.15. The molecule has 144 valence electrons. The molecular formula is C16H17F2N5O3S. The van der Waals surface area contributed by atoms with Crippen LogP contribution >= 0.6 is 0 Å². The van der Waals surface area contributed by atoms with E-state index in [0.29, 0.717) is 31.3 Å². The number of benzene rings is 1. The summed E-state index contributed by atoms with van der Waals surface area (Å²) in [6.07, 6.45) is 3.07. The number of nitrogens with zero attached hydrogens (tertiary/aromatic N) is 5. The van der Waals surface area contributed by atoms with Gasteiger partial charge in [0.2, 0.25) is 15.9 Å². The van der Waals surface area contributed by atoms with Crippen molar-refractivity contribution in [2.24, 2.45) is 0 Å². The number of sulfonamides is 1. The van der Waals surface area contributed by atoms with Crippen molar-refractivity contribution in [2.45, 2.75) is 30.3 Å². The summed E-state index contributed by atoms with van der Waals surface area (Å²) in [7, 11) is -4.03. The van der Waals surface area contributed by atoms with Crippen LogP contribution in [0.5, 0.6) is 0 Å². The summed E-state index contributed by atoms with van der Waals surface area (Å²) in [5.74, 6) is -1.86. The first-order valence-corrected chi connectivity index (χ1v) is 9.92. The minimum atomic E-state index is -4.03. The number of halogens is 2. The molecular weight excluding hydrogens is 380 g/mol. The van der Waals surface area contributed by atoms with E-state index < -0.39 is 26.6 Å². The van der Waals surface area contributed by atoms with E-state index in [1.807, 2.05) is 0 Å². The third-order valence-corrected chi connectivity index (χ3v) is 6.66. The molecule has 3 heterocycles. The minimum absolute atomic E-state index is 0.0896. The van der Waals surface area contributed by atoms with Crippen molar-refractivity contribution < 1.29 is 22.0 Å². The Balaban J connectivity index is 1.41. The van der Waals surface area contributed by atoms with Gasteiger partial charge >= 0.3 is 0 Å². The lowest BCUT2D eigenvalue weighted by atomic mass is 10.2. The summed E-state index contributed by atoms with van der Waals surface area (Å²) >= 11 is 0. The fourth-order valence-electron chi connectivity index (χ4n) is 3.23. The number of carbonyl (C=O) groups excluding carboxylic acids is 1. The molecule has 0 radical (unpaired) electrons. The van der Waals surface area contributed by atoms with Crippen molar-refractivity contribution in [3.05, 3.63) is 41.7 Å². The number of hydrogen-bond donors (Lipinski definition) is 0. The molecule has 0 N–H and O–H groups in total. The predicted molar refractivity (Wildman–Crippen MR) is 88.8 cm³/mol. The highest BCUT2D eigenvalue weighted by Crippen LogP contribution is 2.29. The van der Waals surface area contributed by atoms with Crippen molar-refractivity contribution in [1.82, 2.24) is 24.2 Å². The molecule has 0 saturated carbocycles. The van der Waals surface area contributed by atoms with Gasteiger partial charge in [-0.15, -0.1) is 5.10 Å². The summed E-state index contributed by atoms with van der Waals surface area (Å²) in [6.45, 7) is 1.31. The minimum Gasteiger partial charge on any atom is -0.337 e. The quantitative estimate of drug-likeness (QED) is 0.749. The molecule has 11 heteroatoms. The Labute approximate surface area is 154 Å². The van der Waals surface area contributed by atoms with Crippen LogP contribution < -0.4 is 0 Å². The molecule has 2 saturated heterocycles. The van der Waals surface area contributed by atoms with Crippen molar-refractivity contribution in [3.63, 3.8) is 0 Å². The molecule has 2 aliphatic rings. The molecule has 1 aromatic carbocycles. The molecule has 4 rings (SSSR count). The smallest absolute Gasteiger partial charge is 0.246 e. The Hall–Kier alpha value is -2.40. The van der Waals surface area contributed by atoms with E-state index in [1.54, 1.807) is 15.8 Å². The average molecular weight is 397 g/mol. The number of carbonyl (C=O) groups is 1. The van der Waals surface area contributed by atoms with Gasteiger partial charge in [0.1, 0.15) is 22.2 Å². The largest absolute Gasteiger partial charge is 0.337 e. The molecule has 0 atom stereocenters. The van der Waals surface area contributed by atoms with Crippen LogP contribution in [0, 0.1) is 11.6 Å². The zero-order chi connectivity index (χ0) is 19.2. The van der Waals surface area contributed by atoms with E-state index >= 15 is 0 Å². The van der Waals surface area contributed by atoms with Gasteiger partial charge in [0.15, 0.2) is 0 Å². The summed E-state index contributed by atoms with van der Waals surface area (Å²) < 4.78 is 54.4. The molecule has 1 aromatic heterocycles. The molecule has 1 amide bonds. The van der Waals surface area contributed by atoms with Crippen LogP contribution in [0.15, 0.2) is 29.3 Å². The van der Waals surface area contributed by atoms with E-state index in [-0.39, 0.29) is 25.0 Å². The SMILES string of the molecule is O=C1CCCN1Cc1cn(C2CN(S(=O)(=O)c3ccc(F)cc3F)C2)nn1. The number of amides is 1. The molecule has 8 nitrogen and oxygen atoms in total. The second-order valence-electron chi connectivity index (χ2n) is 6.66. The summed E-state index contributed by atoms with van der Waals surface area (Å²) in [5, 5.41) is 8.04. The van der Waals surface area contributed by atoms with Gasteiger partial charge in [-0.3, -0.25) is 4.79 Å². The highest BCUT2D eigenvalue weighted by atomic mass is 32.2. The van der Waals surface area contributed by atoms with E-state index in [0.717, 1.165) is 22.9 Å².